The lowest BCUT2D eigenvalue weighted by molar-refractivity contribution is -0.139. The number of nitrogens with one attached hydrogen (secondary N) is 1. The molecular formula is C33H32Cl2N4O5. The van der Waals surface area contributed by atoms with Crippen molar-refractivity contribution in [2.75, 3.05) is 27.3 Å². The van der Waals surface area contributed by atoms with Gasteiger partial charge in [-0.15, -0.1) is 0 Å². The number of carboxylic acids is 1. The van der Waals surface area contributed by atoms with Crippen LogP contribution in [0.15, 0.2) is 65.7 Å². The van der Waals surface area contributed by atoms with Gasteiger partial charge in [0.15, 0.2) is 0 Å². The minimum atomic E-state index is -1.02. The van der Waals surface area contributed by atoms with Crippen LogP contribution in [-0.4, -0.2) is 65.4 Å². The largest absolute Gasteiger partial charge is 0.481 e. The molecule has 0 saturated carbocycles. The first-order valence-corrected chi connectivity index (χ1v) is 14.9. The first-order chi connectivity index (χ1) is 21.3. The van der Waals surface area contributed by atoms with Crippen LogP contribution in [0.25, 0.3) is 33.6 Å². The summed E-state index contributed by atoms with van der Waals surface area (Å²) in [6.07, 6.45) is 0.365. The summed E-state index contributed by atoms with van der Waals surface area (Å²) in [4.78, 5) is 24.7. The number of hydrogen-bond acceptors (Lipinski definition) is 8. The molecule has 44 heavy (non-hydrogen) atoms. The number of halogens is 2. The minimum absolute atomic E-state index is 0.277. The number of rotatable bonds is 12. The van der Waals surface area contributed by atoms with Gasteiger partial charge in [0.2, 0.25) is 11.8 Å². The molecule has 3 heterocycles. The number of methoxy groups -OCH3 is 2. The molecule has 0 unspecified atom stereocenters. The van der Waals surface area contributed by atoms with Crippen molar-refractivity contribution in [3.05, 3.63) is 81.8 Å². The predicted octanol–water partition coefficient (Wildman–Crippen LogP) is 6.31. The number of carboxylic acid groups (broad SMARTS) is 1. The van der Waals surface area contributed by atoms with Crippen molar-refractivity contribution in [2.45, 2.75) is 31.8 Å². The van der Waals surface area contributed by atoms with E-state index in [1.165, 1.54) is 0 Å². The van der Waals surface area contributed by atoms with Crippen molar-refractivity contribution in [1.29, 1.82) is 0 Å². The maximum absolute atomic E-state index is 10.8. The highest BCUT2D eigenvalue weighted by Crippen LogP contribution is 2.42. The van der Waals surface area contributed by atoms with Crippen molar-refractivity contribution in [3.63, 3.8) is 0 Å². The van der Waals surface area contributed by atoms with E-state index in [9.17, 15) is 9.90 Å². The Balaban J connectivity index is 1.43. The SMILES string of the molecule is COc1nc(-c2cccc(-c3cccc(-c4ccc(C5=NCCN5)c(OC)n4)c3Cl)c2Cl)ccc1CCC[C@@H](O)CC(=O)O. The molecule has 0 amide bonds. The van der Waals surface area contributed by atoms with Crippen molar-refractivity contribution in [1.82, 2.24) is 15.3 Å². The third-order valence-corrected chi connectivity index (χ3v) is 8.16. The molecule has 2 aromatic heterocycles. The van der Waals surface area contributed by atoms with E-state index in [1.807, 2.05) is 60.7 Å². The summed E-state index contributed by atoms with van der Waals surface area (Å²) in [5.41, 5.74) is 5.85. The van der Waals surface area contributed by atoms with Gasteiger partial charge in [-0.05, 0) is 37.5 Å². The van der Waals surface area contributed by atoms with Crippen LogP contribution in [0.2, 0.25) is 10.0 Å². The van der Waals surface area contributed by atoms with E-state index >= 15 is 0 Å². The summed E-state index contributed by atoms with van der Waals surface area (Å²) < 4.78 is 11.2. The summed E-state index contributed by atoms with van der Waals surface area (Å²) in [5, 5.41) is 23.0. The lowest BCUT2D eigenvalue weighted by Crippen LogP contribution is -2.20. The van der Waals surface area contributed by atoms with Crippen LogP contribution in [0.1, 0.15) is 30.4 Å². The number of amidine groups is 1. The zero-order chi connectivity index (χ0) is 31.2. The van der Waals surface area contributed by atoms with Gasteiger partial charge in [0, 0.05) is 34.4 Å². The number of aliphatic carboxylic acids is 1. The van der Waals surface area contributed by atoms with Gasteiger partial charge in [-0.3, -0.25) is 9.79 Å². The number of aliphatic hydroxyl groups is 1. The Morgan fingerprint density at radius 3 is 2.02 bits per heavy atom. The van der Waals surface area contributed by atoms with Crippen LogP contribution in [0.3, 0.4) is 0 Å². The number of aromatic nitrogens is 2. The zero-order valence-electron chi connectivity index (χ0n) is 24.3. The summed E-state index contributed by atoms with van der Waals surface area (Å²) in [5.74, 6) is 0.639. The van der Waals surface area contributed by atoms with Crippen LogP contribution in [0, 0.1) is 0 Å². The molecule has 0 fully saturated rings. The molecule has 228 valence electrons. The van der Waals surface area contributed by atoms with Gasteiger partial charge in [0.1, 0.15) is 5.84 Å². The van der Waals surface area contributed by atoms with Crippen LogP contribution in [0.5, 0.6) is 11.8 Å². The Hall–Kier alpha value is -4.18. The van der Waals surface area contributed by atoms with E-state index in [0.29, 0.717) is 64.6 Å². The third-order valence-electron chi connectivity index (χ3n) is 7.35. The lowest BCUT2D eigenvalue weighted by Gasteiger charge is -2.15. The average Bonchev–Trinajstić information content (AvgIpc) is 3.56. The Bertz CT molecular complexity index is 1710. The number of ether oxygens (including phenoxy) is 2. The molecule has 0 radical (unpaired) electrons. The van der Waals surface area contributed by atoms with Crippen LogP contribution in [-0.2, 0) is 11.2 Å². The smallest absolute Gasteiger partial charge is 0.305 e. The van der Waals surface area contributed by atoms with Gasteiger partial charge in [-0.2, -0.15) is 0 Å². The molecule has 1 aliphatic heterocycles. The van der Waals surface area contributed by atoms with Gasteiger partial charge in [-0.25, -0.2) is 9.97 Å². The quantitative estimate of drug-likeness (QED) is 0.165. The number of aliphatic imine (C=N–C) groups is 1. The predicted molar refractivity (Wildman–Crippen MR) is 172 cm³/mol. The van der Waals surface area contributed by atoms with Crippen molar-refractivity contribution >= 4 is 35.0 Å². The normalized spacial score (nSPS) is 13.2. The van der Waals surface area contributed by atoms with E-state index in [0.717, 1.165) is 40.2 Å². The first-order valence-electron chi connectivity index (χ1n) is 14.2. The molecule has 0 spiro atoms. The Kier molecular flexibility index (Phi) is 9.99. The summed E-state index contributed by atoms with van der Waals surface area (Å²) in [6, 6.07) is 19.0. The maximum Gasteiger partial charge on any atom is 0.305 e. The van der Waals surface area contributed by atoms with E-state index in [-0.39, 0.29) is 6.42 Å². The molecule has 11 heteroatoms. The van der Waals surface area contributed by atoms with Crippen LogP contribution >= 0.6 is 23.2 Å². The Morgan fingerprint density at radius 2 is 1.45 bits per heavy atom. The van der Waals surface area contributed by atoms with Crippen molar-refractivity contribution < 1.29 is 24.5 Å². The van der Waals surface area contributed by atoms with Gasteiger partial charge in [0.05, 0.1) is 60.3 Å². The summed E-state index contributed by atoms with van der Waals surface area (Å²) in [7, 11) is 3.13. The number of benzene rings is 2. The molecule has 5 rings (SSSR count). The van der Waals surface area contributed by atoms with E-state index in [4.69, 9.17) is 47.8 Å². The number of hydrogen-bond donors (Lipinski definition) is 3. The molecule has 2 aromatic carbocycles. The molecule has 1 atom stereocenters. The van der Waals surface area contributed by atoms with E-state index < -0.39 is 12.1 Å². The van der Waals surface area contributed by atoms with Crippen LogP contribution in [0.4, 0.5) is 0 Å². The molecule has 3 N–H and O–H groups in total. The van der Waals surface area contributed by atoms with Crippen molar-refractivity contribution in [2.24, 2.45) is 4.99 Å². The van der Waals surface area contributed by atoms with Gasteiger partial charge < -0.3 is 25.0 Å². The molecule has 0 saturated heterocycles. The molecular weight excluding hydrogens is 603 g/mol. The van der Waals surface area contributed by atoms with Crippen LogP contribution < -0.4 is 14.8 Å². The number of aliphatic hydroxyl groups excluding tert-OH is 1. The van der Waals surface area contributed by atoms with E-state index in [1.54, 1.807) is 14.2 Å². The highest BCUT2D eigenvalue weighted by atomic mass is 35.5. The second-order valence-electron chi connectivity index (χ2n) is 10.3. The zero-order valence-corrected chi connectivity index (χ0v) is 25.8. The maximum atomic E-state index is 10.8. The molecule has 1 aliphatic rings. The third kappa shape index (κ3) is 6.80. The first kappa shape index (κ1) is 31.3. The molecule has 0 aliphatic carbocycles. The topological polar surface area (TPSA) is 126 Å². The fourth-order valence-corrected chi connectivity index (χ4v) is 5.85. The standard InChI is InChI=1S/C33H32Cl2N4O5/c1-43-32-19(6-3-7-20(40)18-28(41)42)12-14-26(38-32)23-10-4-8-21(29(23)34)22-9-5-11-24(30(22)35)27-15-13-25(33(39-27)44-2)31-36-16-17-37-31/h4-5,8-15,20,40H,3,6-7,16-18H2,1-2H3,(H,36,37)(H,41,42)/t20-/m1/s1. The van der Waals surface area contributed by atoms with Gasteiger partial charge >= 0.3 is 5.97 Å². The number of carbonyl (C=O) groups is 1. The van der Waals surface area contributed by atoms with Gasteiger partial charge in [0.25, 0.3) is 0 Å². The summed E-state index contributed by atoms with van der Waals surface area (Å²) in [6.45, 7) is 1.49. The monoisotopic (exact) mass is 634 g/mol. The number of aryl methyl sites for hydroxylation is 1. The lowest BCUT2D eigenvalue weighted by atomic mass is 9.97. The van der Waals surface area contributed by atoms with Gasteiger partial charge in [-0.1, -0.05) is 65.7 Å². The Labute approximate surface area is 265 Å². The molecule has 4 aromatic rings. The fourth-order valence-electron chi connectivity index (χ4n) is 5.20. The highest BCUT2D eigenvalue weighted by molar-refractivity contribution is 6.39. The number of nitrogens with zero attached hydrogens (tertiary/aromatic N) is 3. The Morgan fingerprint density at radius 1 is 0.864 bits per heavy atom. The molecule has 9 nitrogen and oxygen atoms in total. The molecule has 0 bridgehead atoms. The highest BCUT2D eigenvalue weighted by Gasteiger charge is 2.20. The second-order valence-corrected chi connectivity index (χ2v) is 11.0. The average molecular weight is 636 g/mol. The number of pyridine rings is 2. The van der Waals surface area contributed by atoms with Crippen molar-refractivity contribution in [3.8, 4) is 45.4 Å². The second kappa shape index (κ2) is 14.1. The fraction of sp³-hybridized carbons (Fsp3) is 0.273. The van der Waals surface area contributed by atoms with E-state index in [2.05, 4.69) is 10.3 Å². The summed E-state index contributed by atoms with van der Waals surface area (Å²) >= 11 is 14.0. The minimum Gasteiger partial charge on any atom is -0.481 e.